The Morgan fingerprint density at radius 1 is 0.682 bits per heavy atom. The molecule has 0 aliphatic carbocycles. The van der Waals surface area contributed by atoms with Gasteiger partial charge in [0.1, 0.15) is 48.0 Å². The zero-order valence-electron chi connectivity index (χ0n) is 38.8. The van der Waals surface area contributed by atoms with Crippen LogP contribution in [0.25, 0.3) is 0 Å². The second-order valence-corrected chi connectivity index (χ2v) is 17.7. The number of methoxy groups -OCH3 is 2. The van der Waals surface area contributed by atoms with E-state index in [-0.39, 0.29) is 62.9 Å². The number of carbonyl (C=O) groups excluding carboxylic acids is 4. The van der Waals surface area contributed by atoms with Crippen LogP contribution < -0.4 is 15.2 Å². The highest BCUT2D eigenvalue weighted by Gasteiger charge is 2.30. The third kappa shape index (κ3) is 26.5. The molecule has 22 heteroatoms. The highest BCUT2D eigenvalue weighted by atomic mass is 31.2. The van der Waals surface area contributed by atoms with E-state index in [4.69, 9.17) is 32.9 Å². The van der Waals surface area contributed by atoms with E-state index in [2.05, 4.69) is 50.7 Å². The van der Waals surface area contributed by atoms with Crippen molar-refractivity contribution in [3.05, 3.63) is 109 Å². The predicted octanol–water partition coefficient (Wildman–Crippen LogP) is 7.22. The molecule has 0 aliphatic rings. The summed E-state index contributed by atoms with van der Waals surface area (Å²) in [6.45, 7) is 23.5. The number of phosphoric ester groups is 1. The number of phosphoric acid groups is 1. The largest absolute Gasteiger partial charge is 0.698 e. The number of ether oxygens (including phenoxy) is 4. The van der Waals surface area contributed by atoms with Gasteiger partial charge in [0.2, 0.25) is 0 Å². The Kier molecular flexibility index (Phi) is 28.9. The topological polar surface area (TPSA) is 270 Å². The van der Waals surface area contributed by atoms with Crippen molar-refractivity contribution in [2.45, 2.75) is 90.9 Å². The molecular formula is C44H65N2O18P2+. The molecular weight excluding hydrogens is 906 g/mol. The van der Waals surface area contributed by atoms with Gasteiger partial charge in [-0.3, -0.25) is 9.05 Å². The Morgan fingerprint density at radius 3 is 1.44 bits per heavy atom. The lowest BCUT2D eigenvalue weighted by atomic mass is 10.0. The minimum absolute atomic E-state index is 0.0361. The number of aromatic hydroxyl groups is 1. The number of carbonyl (C=O) groups is 4. The van der Waals surface area contributed by atoms with E-state index in [9.17, 15) is 38.5 Å². The zero-order chi connectivity index (χ0) is 50.5. The zero-order valence-corrected chi connectivity index (χ0v) is 40.6. The Labute approximate surface area is 387 Å². The van der Waals surface area contributed by atoms with Crippen LogP contribution in [0.3, 0.4) is 0 Å². The Bertz CT molecular complexity index is 1930. The first-order valence-corrected chi connectivity index (χ1v) is 22.5. The van der Waals surface area contributed by atoms with E-state index in [1.165, 1.54) is 56.7 Å². The molecule has 2 rings (SSSR count). The second-order valence-electron chi connectivity index (χ2n) is 15.2. The van der Waals surface area contributed by atoms with E-state index in [0.29, 0.717) is 16.7 Å². The average Bonchev–Trinajstić information content (AvgIpc) is 3.25. The van der Waals surface area contributed by atoms with E-state index < -0.39 is 70.1 Å². The third-order valence-corrected chi connectivity index (χ3v) is 9.42. The van der Waals surface area contributed by atoms with Crippen LogP contribution in [0.4, 0.5) is 9.59 Å². The maximum absolute atomic E-state index is 12.8. The molecule has 368 valence electrons. The number of benzene rings is 2. The van der Waals surface area contributed by atoms with Crippen molar-refractivity contribution in [3.8, 4) is 11.5 Å². The van der Waals surface area contributed by atoms with E-state index in [1.54, 1.807) is 59.7 Å². The summed E-state index contributed by atoms with van der Waals surface area (Å²) in [6, 6.07) is 7.16. The van der Waals surface area contributed by atoms with Crippen LogP contribution >= 0.6 is 16.1 Å². The molecule has 0 heterocycles. The normalized spacial score (nSPS) is 11.8. The van der Waals surface area contributed by atoms with Gasteiger partial charge in [-0.1, -0.05) is 36.4 Å². The number of aliphatic hydroxyl groups excluding tert-OH is 2. The minimum atomic E-state index is -4.02. The van der Waals surface area contributed by atoms with Gasteiger partial charge in [-0.15, -0.1) is 35.4 Å². The summed E-state index contributed by atoms with van der Waals surface area (Å²) >= 11 is 0. The van der Waals surface area contributed by atoms with Crippen LogP contribution in [0.2, 0.25) is 0 Å². The monoisotopic (exact) mass is 971 g/mol. The number of phenols is 1. The first kappa shape index (κ1) is 60.6. The van der Waals surface area contributed by atoms with Gasteiger partial charge in [0.05, 0.1) is 40.6 Å². The fraction of sp³-hybridized carbons (Fsp3) is 0.455. The van der Waals surface area contributed by atoms with Crippen LogP contribution in [0.5, 0.6) is 11.5 Å². The molecule has 2 unspecified atom stereocenters. The lowest BCUT2D eigenvalue weighted by molar-refractivity contribution is -0.143. The molecule has 2 aromatic carbocycles. The summed E-state index contributed by atoms with van der Waals surface area (Å²) < 4.78 is 68.2. The molecule has 0 radical (unpaired) electrons. The lowest BCUT2D eigenvalue weighted by Gasteiger charge is -2.23. The van der Waals surface area contributed by atoms with E-state index in [1.807, 2.05) is 0 Å². The molecule has 0 fully saturated rings. The number of amides is 2. The van der Waals surface area contributed by atoms with Crippen molar-refractivity contribution in [1.29, 1.82) is 0 Å². The van der Waals surface area contributed by atoms with Gasteiger partial charge in [-0.05, 0) is 76.9 Å². The molecule has 66 heavy (non-hydrogen) atoms. The molecule has 2 amide bonds. The van der Waals surface area contributed by atoms with Crippen molar-refractivity contribution in [2.75, 3.05) is 40.6 Å². The molecule has 0 saturated heterocycles. The van der Waals surface area contributed by atoms with Gasteiger partial charge in [-0.2, -0.15) is 0 Å². The molecule has 0 saturated carbocycles. The molecule has 0 aliphatic heterocycles. The lowest BCUT2D eigenvalue weighted by Crippen LogP contribution is -2.45. The maximum Gasteiger partial charge on any atom is 0.698 e. The van der Waals surface area contributed by atoms with Crippen LogP contribution in [-0.2, 0) is 81.8 Å². The van der Waals surface area contributed by atoms with Gasteiger partial charge < -0.3 is 49.4 Å². The number of hydrogen-bond donors (Lipinski definition) is 5. The number of hydrogen-bond acceptors (Lipinski definition) is 18. The summed E-state index contributed by atoms with van der Waals surface area (Å²) in [5.74, 6) is -1.26. The fourth-order valence-corrected chi connectivity index (χ4v) is 6.37. The van der Waals surface area contributed by atoms with Gasteiger partial charge in [0.25, 0.3) is 0 Å². The van der Waals surface area contributed by atoms with Crippen molar-refractivity contribution in [1.82, 2.24) is 10.6 Å². The highest BCUT2D eigenvalue weighted by Crippen LogP contribution is 2.50. The van der Waals surface area contributed by atoms with Gasteiger partial charge in [0, 0.05) is 28.5 Å². The Balaban J connectivity index is 0.00000110. The van der Waals surface area contributed by atoms with Crippen molar-refractivity contribution in [2.24, 2.45) is 0 Å². The maximum atomic E-state index is 12.8. The van der Waals surface area contributed by atoms with Gasteiger partial charge >= 0.3 is 40.2 Å². The molecule has 5 N–H and O–H groups in total. The quantitative estimate of drug-likeness (QED) is 0.0301. The Hall–Kier alpha value is -5.43. The van der Waals surface area contributed by atoms with Crippen molar-refractivity contribution >= 4 is 40.2 Å². The fourth-order valence-electron chi connectivity index (χ4n) is 4.67. The number of aliphatic hydroxyl groups is 2. The summed E-state index contributed by atoms with van der Waals surface area (Å²) in [5.41, 5.74) is 0.377. The molecule has 20 nitrogen and oxygen atoms in total. The molecule has 0 bridgehead atoms. The predicted molar refractivity (Wildman–Crippen MR) is 245 cm³/mol. The molecule has 0 aromatic heterocycles. The first-order chi connectivity index (χ1) is 30.9. The summed E-state index contributed by atoms with van der Waals surface area (Å²) in [6.07, 6.45) is 4.45. The number of nitrogens with one attached hydrogen (secondary N) is 2. The SMILES string of the molecule is C=CCOP(=O)(OCC=C)Oc1ccc(CC(NC(=O)OC(C)(C)C)C(=O)OC)cc1CO.C=CCO[P+](=O)OCC=C.COC(=O)C(Cc1ccc(O)c(CO)c1)NC(=O)OC(C)(C)C. The summed E-state index contributed by atoms with van der Waals surface area (Å²) in [4.78, 5) is 48.0. The standard InChI is InChI=1S/C22H32NO9P.C16H23NO6.C6H10O3P/c1-7-11-29-33(27,30-12-8-2)32-19-10-9-16(13-17(19)15-24)14-18(20(25)28-6)23-21(26)31-22(3,4)5;1-16(2,3)23-15(21)17-12(14(20)22-4)8-10-5-6-13(19)11(7-10)9-18;1-3-5-8-10(7)9-6-4-2/h7-10,13,18,24H,1-2,11-12,14-15H2,3-6H3,(H,23,26);5-7,12,18-19H,8-9H2,1-4H3,(H,17,21);3-4H,1-2,5-6H2/q;;+1. The first-order valence-electron chi connectivity index (χ1n) is 20.0. The van der Waals surface area contributed by atoms with Gasteiger partial charge in [-0.25, -0.2) is 23.7 Å². The van der Waals surface area contributed by atoms with Crippen LogP contribution in [0.15, 0.2) is 87.0 Å². The van der Waals surface area contributed by atoms with E-state index in [0.717, 1.165) is 0 Å². The summed E-state index contributed by atoms with van der Waals surface area (Å²) in [5, 5.41) is 33.5. The molecule has 2 atom stereocenters. The summed E-state index contributed by atoms with van der Waals surface area (Å²) in [7, 11) is -3.58. The van der Waals surface area contributed by atoms with Crippen molar-refractivity contribution in [3.63, 3.8) is 0 Å². The molecule has 0 spiro atoms. The van der Waals surface area contributed by atoms with Crippen molar-refractivity contribution < 1.29 is 85.2 Å². The number of esters is 2. The number of rotatable bonds is 24. The Morgan fingerprint density at radius 2 is 1.08 bits per heavy atom. The van der Waals surface area contributed by atoms with Crippen LogP contribution in [0.1, 0.15) is 63.8 Å². The van der Waals surface area contributed by atoms with Crippen LogP contribution in [0, 0.1) is 0 Å². The third-order valence-electron chi connectivity index (χ3n) is 7.35. The average molecular weight is 972 g/mol. The van der Waals surface area contributed by atoms with Crippen LogP contribution in [-0.4, -0.2) is 103 Å². The minimum Gasteiger partial charge on any atom is -0.508 e. The smallest absolute Gasteiger partial charge is 0.508 e. The highest BCUT2D eigenvalue weighted by molar-refractivity contribution is 7.49. The van der Waals surface area contributed by atoms with E-state index >= 15 is 0 Å². The second kappa shape index (κ2) is 31.5. The van der Waals surface area contributed by atoms with Gasteiger partial charge in [0.15, 0.2) is 0 Å². The number of alkyl carbamates (subject to hydrolysis) is 2. The molecule has 2 aromatic rings.